The summed E-state index contributed by atoms with van der Waals surface area (Å²) in [7, 11) is 1.74. The van der Waals surface area contributed by atoms with E-state index in [4.69, 9.17) is 0 Å². The molecule has 0 aliphatic carbocycles. The van der Waals surface area contributed by atoms with Crippen molar-refractivity contribution in [2.45, 2.75) is 11.4 Å². The molecular weight excluding hydrogens is 202 g/mol. The number of rotatable bonds is 2. The van der Waals surface area contributed by atoms with Gasteiger partial charge in [0.15, 0.2) is 5.82 Å². The standard InChI is InChI=1S/C7H13N5OS/c1-12-7(9-10-11-12)6(13)5-4-8-2-3-14-5/h5-6,8,13H,2-4H2,1H3. The molecule has 1 aliphatic heterocycles. The number of hydrogen-bond acceptors (Lipinski definition) is 6. The number of aryl methyl sites for hydroxylation is 1. The monoisotopic (exact) mass is 215 g/mol. The lowest BCUT2D eigenvalue weighted by Crippen LogP contribution is -2.37. The van der Waals surface area contributed by atoms with E-state index in [1.807, 2.05) is 0 Å². The van der Waals surface area contributed by atoms with Gasteiger partial charge in [-0.15, -0.1) is 5.10 Å². The van der Waals surface area contributed by atoms with Gasteiger partial charge in [-0.3, -0.25) is 0 Å². The molecule has 2 N–H and O–H groups in total. The van der Waals surface area contributed by atoms with Gasteiger partial charge >= 0.3 is 0 Å². The van der Waals surface area contributed by atoms with Crippen LogP contribution in [0, 0.1) is 0 Å². The first-order valence-corrected chi connectivity index (χ1v) is 5.56. The smallest absolute Gasteiger partial charge is 0.180 e. The van der Waals surface area contributed by atoms with E-state index in [1.165, 1.54) is 4.68 Å². The van der Waals surface area contributed by atoms with E-state index >= 15 is 0 Å². The van der Waals surface area contributed by atoms with Gasteiger partial charge in [-0.1, -0.05) is 0 Å². The number of nitrogens with one attached hydrogen (secondary N) is 1. The predicted octanol–water partition coefficient (Wildman–Crippen LogP) is -1.05. The van der Waals surface area contributed by atoms with Crippen molar-refractivity contribution in [2.75, 3.05) is 18.8 Å². The van der Waals surface area contributed by atoms with Crippen LogP contribution in [0.3, 0.4) is 0 Å². The zero-order valence-corrected chi connectivity index (χ0v) is 8.74. The molecule has 1 fully saturated rings. The Kier molecular flexibility index (Phi) is 2.99. The molecule has 0 amide bonds. The minimum Gasteiger partial charge on any atom is -0.384 e. The Bertz CT molecular complexity index is 298. The maximum atomic E-state index is 9.99. The van der Waals surface area contributed by atoms with Crippen LogP contribution in [0.25, 0.3) is 0 Å². The molecule has 2 rings (SSSR count). The highest BCUT2D eigenvalue weighted by Crippen LogP contribution is 2.25. The normalized spacial score (nSPS) is 24.9. The van der Waals surface area contributed by atoms with Crippen molar-refractivity contribution in [2.24, 2.45) is 7.05 Å². The van der Waals surface area contributed by atoms with Crippen LogP contribution in [0.15, 0.2) is 0 Å². The second-order valence-electron chi connectivity index (χ2n) is 3.22. The summed E-state index contributed by atoms with van der Waals surface area (Å²) in [5, 5.41) is 24.4. The number of nitrogens with zero attached hydrogens (tertiary/aromatic N) is 4. The molecule has 14 heavy (non-hydrogen) atoms. The second kappa shape index (κ2) is 4.24. The van der Waals surface area contributed by atoms with Gasteiger partial charge in [0.2, 0.25) is 0 Å². The fourth-order valence-corrected chi connectivity index (χ4v) is 2.55. The summed E-state index contributed by atoms with van der Waals surface area (Å²) < 4.78 is 1.51. The summed E-state index contributed by atoms with van der Waals surface area (Å²) in [4.78, 5) is 0. The average molecular weight is 215 g/mol. The SMILES string of the molecule is Cn1nnnc1C(O)C1CNCCS1. The Morgan fingerprint density at radius 2 is 2.57 bits per heavy atom. The highest BCUT2D eigenvalue weighted by Gasteiger charge is 2.27. The minimum absolute atomic E-state index is 0.147. The van der Waals surface area contributed by atoms with Gasteiger partial charge in [0.25, 0.3) is 0 Å². The van der Waals surface area contributed by atoms with Gasteiger partial charge in [-0.05, 0) is 10.4 Å². The Hall–Kier alpha value is -0.660. The van der Waals surface area contributed by atoms with E-state index in [0.717, 1.165) is 18.8 Å². The highest BCUT2D eigenvalue weighted by molar-refractivity contribution is 8.00. The molecule has 1 aromatic heterocycles. The molecule has 1 saturated heterocycles. The summed E-state index contributed by atoms with van der Waals surface area (Å²) in [5.41, 5.74) is 0. The summed E-state index contributed by atoms with van der Waals surface area (Å²) in [6.07, 6.45) is -0.590. The number of tetrazole rings is 1. The van der Waals surface area contributed by atoms with Crippen LogP contribution < -0.4 is 5.32 Å². The molecular formula is C7H13N5OS. The minimum atomic E-state index is -0.590. The molecule has 0 saturated carbocycles. The van der Waals surface area contributed by atoms with Crippen molar-refractivity contribution in [3.05, 3.63) is 5.82 Å². The van der Waals surface area contributed by atoms with Crippen molar-refractivity contribution >= 4 is 11.8 Å². The first-order chi connectivity index (χ1) is 6.79. The number of aliphatic hydroxyl groups is 1. The first kappa shape index (κ1) is 9.88. The lowest BCUT2D eigenvalue weighted by molar-refractivity contribution is 0.157. The van der Waals surface area contributed by atoms with Crippen LogP contribution in [0.1, 0.15) is 11.9 Å². The molecule has 1 aromatic rings. The maximum absolute atomic E-state index is 9.99. The quantitative estimate of drug-likeness (QED) is 0.655. The van der Waals surface area contributed by atoms with Crippen LogP contribution >= 0.6 is 11.8 Å². The number of aliphatic hydroxyl groups excluding tert-OH is 1. The van der Waals surface area contributed by atoms with Crippen molar-refractivity contribution in [3.63, 3.8) is 0 Å². The lowest BCUT2D eigenvalue weighted by Gasteiger charge is -2.25. The first-order valence-electron chi connectivity index (χ1n) is 4.51. The average Bonchev–Trinajstić information content (AvgIpc) is 2.65. The van der Waals surface area contributed by atoms with E-state index in [0.29, 0.717) is 5.82 Å². The predicted molar refractivity (Wildman–Crippen MR) is 52.9 cm³/mol. The van der Waals surface area contributed by atoms with Crippen LogP contribution in [0.5, 0.6) is 0 Å². The van der Waals surface area contributed by atoms with Gasteiger partial charge in [-0.2, -0.15) is 11.8 Å². The van der Waals surface area contributed by atoms with Gasteiger partial charge in [0, 0.05) is 25.9 Å². The summed E-state index contributed by atoms with van der Waals surface area (Å²) in [6, 6.07) is 0. The third-order valence-electron chi connectivity index (χ3n) is 2.23. The fraction of sp³-hybridized carbons (Fsp3) is 0.857. The molecule has 0 spiro atoms. The summed E-state index contributed by atoms with van der Waals surface area (Å²) in [6.45, 7) is 1.81. The Morgan fingerprint density at radius 1 is 1.71 bits per heavy atom. The third kappa shape index (κ3) is 1.89. The summed E-state index contributed by atoms with van der Waals surface area (Å²) in [5.74, 6) is 1.55. The molecule has 78 valence electrons. The molecule has 0 aromatic carbocycles. The number of thioether (sulfide) groups is 1. The van der Waals surface area contributed by atoms with Gasteiger partial charge in [-0.25, -0.2) is 4.68 Å². The Balaban J connectivity index is 2.07. The number of hydrogen-bond donors (Lipinski definition) is 2. The third-order valence-corrected chi connectivity index (χ3v) is 3.52. The van der Waals surface area contributed by atoms with Crippen LogP contribution in [-0.2, 0) is 7.05 Å². The molecule has 2 heterocycles. The largest absolute Gasteiger partial charge is 0.384 e. The van der Waals surface area contributed by atoms with Crippen molar-refractivity contribution in [1.29, 1.82) is 0 Å². The van der Waals surface area contributed by atoms with Gasteiger partial charge in [0.1, 0.15) is 6.10 Å². The molecule has 0 radical (unpaired) electrons. The Morgan fingerprint density at radius 3 is 3.14 bits per heavy atom. The molecule has 1 aliphatic rings. The lowest BCUT2D eigenvalue weighted by atomic mass is 10.2. The maximum Gasteiger partial charge on any atom is 0.180 e. The second-order valence-corrected chi connectivity index (χ2v) is 4.57. The highest BCUT2D eigenvalue weighted by atomic mass is 32.2. The van der Waals surface area contributed by atoms with Gasteiger partial charge in [0.05, 0.1) is 5.25 Å². The molecule has 7 heteroatoms. The van der Waals surface area contributed by atoms with Crippen molar-refractivity contribution in [3.8, 4) is 0 Å². The molecule has 2 atom stereocenters. The van der Waals surface area contributed by atoms with Crippen LogP contribution in [0.2, 0.25) is 0 Å². The van der Waals surface area contributed by atoms with Crippen LogP contribution in [-0.4, -0.2) is 49.4 Å². The van der Waals surface area contributed by atoms with E-state index < -0.39 is 6.10 Å². The zero-order valence-electron chi connectivity index (χ0n) is 7.92. The fourth-order valence-electron chi connectivity index (χ4n) is 1.44. The summed E-state index contributed by atoms with van der Waals surface area (Å²) >= 11 is 1.76. The van der Waals surface area contributed by atoms with E-state index in [-0.39, 0.29) is 5.25 Å². The molecule has 6 nitrogen and oxygen atoms in total. The van der Waals surface area contributed by atoms with Crippen LogP contribution in [0.4, 0.5) is 0 Å². The van der Waals surface area contributed by atoms with E-state index in [9.17, 15) is 5.11 Å². The Labute approximate surface area is 86.1 Å². The zero-order chi connectivity index (χ0) is 9.97. The van der Waals surface area contributed by atoms with Crippen molar-refractivity contribution in [1.82, 2.24) is 25.5 Å². The molecule has 2 unspecified atom stereocenters. The number of aromatic nitrogens is 4. The van der Waals surface area contributed by atoms with Crippen molar-refractivity contribution < 1.29 is 5.11 Å². The van der Waals surface area contributed by atoms with E-state index in [2.05, 4.69) is 20.8 Å². The van der Waals surface area contributed by atoms with Gasteiger partial charge < -0.3 is 10.4 Å². The topological polar surface area (TPSA) is 75.9 Å². The van der Waals surface area contributed by atoms with E-state index in [1.54, 1.807) is 18.8 Å². The molecule has 0 bridgehead atoms.